The molecule has 0 amide bonds. The molecule has 0 saturated carbocycles. The van der Waals surface area contributed by atoms with Gasteiger partial charge in [0.25, 0.3) is 0 Å². The highest BCUT2D eigenvalue weighted by atomic mass is 16.5. The minimum atomic E-state index is -0.370. The van der Waals surface area contributed by atoms with Crippen LogP contribution < -0.4 is 5.73 Å². The normalized spacial score (nSPS) is 17.5. The Morgan fingerprint density at radius 2 is 2.00 bits per heavy atom. The minimum absolute atomic E-state index is 0.370. The highest BCUT2D eigenvalue weighted by Crippen LogP contribution is 2.14. The van der Waals surface area contributed by atoms with Crippen LogP contribution in [0, 0.1) is 0 Å². The standard InChI is InChI=1S/C9H20N2O/c1-5-9(4,12-7-3)8(10)11-6-2/h5-7H2,1-4H3,(H2,10,11). The van der Waals surface area contributed by atoms with Crippen molar-refractivity contribution >= 4 is 5.84 Å². The molecule has 0 aromatic carbocycles. The number of nitrogens with two attached hydrogens (primary N) is 1. The Morgan fingerprint density at radius 1 is 1.42 bits per heavy atom. The molecule has 12 heavy (non-hydrogen) atoms. The van der Waals surface area contributed by atoms with Gasteiger partial charge in [-0.1, -0.05) is 6.92 Å². The van der Waals surface area contributed by atoms with E-state index in [0.717, 1.165) is 6.42 Å². The van der Waals surface area contributed by atoms with Gasteiger partial charge in [-0.2, -0.15) is 0 Å². The third-order valence-corrected chi connectivity index (χ3v) is 2.01. The Morgan fingerprint density at radius 3 is 2.33 bits per heavy atom. The molecule has 0 rings (SSSR count). The lowest BCUT2D eigenvalue weighted by Crippen LogP contribution is -2.43. The number of nitrogens with zero attached hydrogens (tertiary/aromatic N) is 1. The van der Waals surface area contributed by atoms with Gasteiger partial charge in [-0.15, -0.1) is 0 Å². The topological polar surface area (TPSA) is 47.6 Å². The molecule has 3 heteroatoms. The molecule has 0 spiro atoms. The lowest BCUT2D eigenvalue weighted by atomic mass is 10.0. The highest BCUT2D eigenvalue weighted by molar-refractivity contribution is 5.88. The first kappa shape index (κ1) is 11.4. The summed E-state index contributed by atoms with van der Waals surface area (Å²) in [5, 5.41) is 0. The van der Waals surface area contributed by atoms with E-state index in [1.54, 1.807) is 0 Å². The SMILES string of the molecule is CCN=C(N)C(C)(CC)OCC. The summed E-state index contributed by atoms with van der Waals surface area (Å²) < 4.78 is 5.54. The number of rotatable bonds is 5. The van der Waals surface area contributed by atoms with Crippen LogP contribution in [0.1, 0.15) is 34.1 Å². The number of hydrogen-bond acceptors (Lipinski definition) is 2. The Labute approximate surface area is 75.0 Å². The van der Waals surface area contributed by atoms with Crippen molar-refractivity contribution in [3.63, 3.8) is 0 Å². The molecule has 0 radical (unpaired) electrons. The van der Waals surface area contributed by atoms with Gasteiger partial charge in [-0.05, 0) is 27.2 Å². The van der Waals surface area contributed by atoms with Gasteiger partial charge >= 0.3 is 0 Å². The summed E-state index contributed by atoms with van der Waals surface area (Å²) >= 11 is 0. The van der Waals surface area contributed by atoms with E-state index in [1.807, 2.05) is 27.7 Å². The monoisotopic (exact) mass is 172 g/mol. The predicted octanol–water partition coefficient (Wildman–Crippen LogP) is 1.57. The molecule has 0 bridgehead atoms. The average Bonchev–Trinajstić information content (AvgIpc) is 2.05. The van der Waals surface area contributed by atoms with Gasteiger partial charge in [-0.25, -0.2) is 0 Å². The summed E-state index contributed by atoms with van der Waals surface area (Å²) in [5.41, 5.74) is 5.41. The summed E-state index contributed by atoms with van der Waals surface area (Å²) in [6.07, 6.45) is 0.857. The number of ether oxygens (including phenoxy) is 1. The zero-order valence-corrected chi connectivity index (χ0v) is 8.55. The summed E-state index contributed by atoms with van der Waals surface area (Å²) in [7, 11) is 0. The lowest BCUT2D eigenvalue weighted by Gasteiger charge is -2.27. The Kier molecular flexibility index (Phi) is 4.90. The predicted molar refractivity (Wildman–Crippen MR) is 52.5 cm³/mol. The second-order valence-corrected chi connectivity index (χ2v) is 2.88. The van der Waals surface area contributed by atoms with Crippen molar-refractivity contribution in [1.82, 2.24) is 0 Å². The molecule has 2 N–H and O–H groups in total. The minimum Gasteiger partial charge on any atom is -0.385 e. The lowest BCUT2D eigenvalue weighted by molar-refractivity contribution is 0.0258. The van der Waals surface area contributed by atoms with Crippen LogP contribution in [-0.4, -0.2) is 24.6 Å². The van der Waals surface area contributed by atoms with E-state index in [1.165, 1.54) is 0 Å². The van der Waals surface area contributed by atoms with E-state index in [4.69, 9.17) is 10.5 Å². The molecule has 0 aliphatic rings. The largest absolute Gasteiger partial charge is 0.385 e. The number of hydrogen-bond donors (Lipinski definition) is 1. The van der Waals surface area contributed by atoms with Gasteiger partial charge in [0.05, 0.1) is 0 Å². The van der Waals surface area contributed by atoms with E-state index in [0.29, 0.717) is 19.0 Å². The molecular formula is C9H20N2O. The van der Waals surface area contributed by atoms with Crippen molar-refractivity contribution in [2.45, 2.75) is 39.7 Å². The molecule has 1 unspecified atom stereocenters. The average molecular weight is 172 g/mol. The maximum Gasteiger partial charge on any atom is 0.126 e. The third-order valence-electron chi connectivity index (χ3n) is 2.01. The molecule has 1 atom stereocenters. The Balaban J connectivity index is 4.39. The van der Waals surface area contributed by atoms with Crippen molar-refractivity contribution in [3.8, 4) is 0 Å². The molecular weight excluding hydrogens is 152 g/mol. The molecule has 0 aliphatic carbocycles. The van der Waals surface area contributed by atoms with Gasteiger partial charge in [0.1, 0.15) is 11.4 Å². The Hall–Kier alpha value is -0.570. The first-order valence-corrected chi connectivity index (χ1v) is 4.55. The van der Waals surface area contributed by atoms with Crippen LogP contribution in [0.2, 0.25) is 0 Å². The van der Waals surface area contributed by atoms with E-state index in [9.17, 15) is 0 Å². The second kappa shape index (κ2) is 5.14. The van der Waals surface area contributed by atoms with E-state index < -0.39 is 0 Å². The summed E-state index contributed by atoms with van der Waals surface area (Å²) in [4.78, 5) is 4.16. The van der Waals surface area contributed by atoms with E-state index in [2.05, 4.69) is 4.99 Å². The molecule has 3 nitrogen and oxygen atoms in total. The fourth-order valence-electron chi connectivity index (χ4n) is 1.01. The van der Waals surface area contributed by atoms with Crippen molar-refractivity contribution in [2.75, 3.05) is 13.2 Å². The molecule has 0 saturated heterocycles. The number of aliphatic imine (C=N–C) groups is 1. The van der Waals surface area contributed by atoms with Crippen LogP contribution >= 0.6 is 0 Å². The van der Waals surface area contributed by atoms with Crippen LogP contribution in [0.3, 0.4) is 0 Å². The van der Waals surface area contributed by atoms with Crippen molar-refractivity contribution < 1.29 is 4.74 Å². The fraction of sp³-hybridized carbons (Fsp3) is 0.889. The first-order chi connectivity index (χ1) is 5.60. The van der Waals surface area contributed by atoms with E-state index in [-0.39, 0.29) is 5.60 Å². The summed E-state index contributed by atoms with van der Waals surface area (Å²) in [5.74, 6) is 0.606. The highest BCUT2D eigenvalue weighted by Gasteiger charge is 2.26. The van der Waals surface area contributed by atoms with Gasteiger partial charge < -0.3 is 10.5 Å². The smallest absolute Gasteiger partial charge is 0.126 e. The summed E-state index contributed by atoms with van der Waals surface area (Å²) in [6.45, 7) is 9.35. The molecule has 72 valence electrons. The third kappa shape index (κ3) is 2.81. The van der Waals surface area contributed by atoms with Crippen LogP contribution in [-0.2, 0) is 4.74 Å². The van der Waals surface area contributed by atoms with Crippen LogP contribution in [0.5, 0.6) is 0 Å². The summed E-state index contributed by atoms with van der Waals surface area (Å²) in [6, 6.07) is 0. The molecule has 0 aromatic heterocycles. The molecule has 0 aromatic rings. The zero-order chi connectivity index (χ0) is 9.61. The quantitative estimate of drug-likeness (QED) is 0.505. The van der Waals surface area contributed by atoms with Crippen molar-refractivity contribution in [2.24, 2.45) is 10.7 Å². The molecule has 0 aliphatic heterocycles. The molecule has 0 fully saturated rings. The van der Waals surface area contributed by atoms with Crippen LogP contribution in [0.15, 0.2) is 4.99 Å². The number of amidine groups is 1. The van der Waals surface area contributed by atoms with Crippen molar-refractivity contribution in [1.29, 1.82) is 0 Å². The first-order valence-electron chi connectivity index (χ1n) is 4.55. The molecule has 0 heterocycles. The van der Waals surface area contributed by atoms with Gasteiger partial charge in [0.2, 0.25) is 0 Å². The fourth-order valence-corrected chi connectivity index (χ4v) is 1.01. The van der Waals surface area contributed by atoms with Gasteiger partial charge in [0.15, 0.2) is 0 Å². The van der Waals surface area contributed by atoms with Crippen LogP contribution in [0.4, 0.5) is 0 Å². The van der Waals surface area contributed by atoms with Gasteiger partial charge in [-0.3, -0.25) is 4.99 Å². The van der Waals surface area contributed by atoms with E-state index >= 15 is 0 Å². The maximum atomic E-state index is 5.78. The second-order valence-electron chi connectivity index (χ2n) is 2.88. The maximum absolute atomic E-state index is 5.78. The van der Waals surface area contributed by atoms with Crippen molar-refractivity contribution in [3.05, 3.63) is 0 Å². The van der Waals surface area contributed by atoms with Gasteiger partial charge in [0, 0.05) is 13.2 Å². The zero-order valence-electron chi connectivity index (χ0n) is 8.55. The Bertz CT molecular complexity index is 157. The van der Waals surface area contributed by atoms with Crippen LogP contribution in [0.25, 0.3) is 0 Å².